The Bertz CT molecular complexity index is 871. The molecule has 1 aromatic heterocycles. The second kappa shape index (κ2) is 7.39. The van der Waals surface area contributed by atoms with E-state index in [-0.39, 0.29) is 18.0 Å². The van der Waals surface area contributed by atoms with E-state index in [1.54, 1.807) is 11.1 Å². The zero-order valence-corrected chi connectivity index (χ0v) is 15.8. The van der Waals surface area contributed by atoms with Crippen molar-refractivity contribution in [2.24, 2.45) is 0 Å². The summed E-state index contributed by atoms with van der Waals surface area (Å²) in [5.74, 6) is -0.387. The molecule has 0 spiro atoms. The Morgan fingerprint density at radius 3 is 2.67 bits per heavy atom. The predicted molar refractivity (Wildman–Crippen MR) is 98.4 cm³/mol. The Morgan fingerprint density at radius 1 is 1.33 bits per heavy atom. The molecule has 0 saturated carbocycles. The van der Waals surface area contributed by atoms with Crippen molar-refractivity contribution < 1.29 is 13.9 Å². The first-order valence-electron chi connectivity index (χ1n) is 8.99. The summed E-state index contributed by atoms with van der Waals surface area (Å²) in [6.07, 6.45) is 4.71. The Kier molecular flexibility index (Phi) is 5.17. The van der Waals surface area contributed by atoms with E-state index in [1.807, 2.05) is 31.6 Å². The fourth-order valence-electron chi connectivity index (χ4n) is 3.17. The molecule has 0 radical (unpaired) electrons. The molecule has 142 valence electrons. The molecule has 1 aromatic carbocycles. The zero-order valence-electron chi connectivity index (χ0n) is 15.8. The molecule has 3 rings (SSSR count). The highest BCUT2D eigenvalue weighted by Gasteiger charge is 2.28. The molecule has 2 heterocycles. The van der Waals surface area contributed by atoms with Gasteiger partial charge in [-0.2, -0.15) is 10.4 Å². The van der Waals surface area contributed by atoms with Gasteiger partial charge in [-0.15, -0.1) is 0 Å². The lowest BCUT2D eigenvalue weighted by Crippen LogP contribution is -2.42. The summed E-state index contributed by atoms with van der Waals surface area (Å²) < 4.78 is 20.8. The van der Waals surface area contributed by atoms with Crippen LogP contribution in [0.2, 0.25) is 0 Å². The number of aromatic nitrogens is 2. The summed E-state index contributed by atoms with van der Waals surface area (Å²) in [6.45, 7) is 6.75. The van der Waals surface area contributed by atoms with Gasteiger partial charge in [0.05, 0.1) is 23.9 Å². The molecule has 6 nitrogen and oxygen atoms in total. The number of nitriles is 1. The van der Waals surface area contributed by atoms with E-state index in [9.17, 15) is 14.4 Å². The SMILES string of the molecule is CC(C)(C)OC(=O)N1CCC(n2cc(-c3cc(F)ccc3C#N)cn2)CC1. The zero-order chi connectivity index (χ0) is 19.6. The highest BCUT2D eigenvalue weighted by Crippen LogP contribution is 2.28. The Balaban J connectivity index is 1.68. The van der Waals surface area contributed by atoms with Crippen molar-refractivity contribution in [2.45, 2.75) is 45.3 Å². The summed E-state index contributed by atoms with van der Waals surface area (Å²) in [5.41, 5.74) is 1.15. The number of rotatable bonds is 2. The third kappa shape index (κ3) is 4.45. The predicted octanol–water partition coefficient (Wildman–Crippen LogP) is 4.13. The molecule has 27 heavy (non-hydrogen) atoms. The molecule has 7 heteroatoms. The lowest BCUT2D eigenvalue weighted by Gasteiger charge is -2.33. The van der Waals surface area contributed by atoms with Crippen LogP contribution in [0.4, 0.5) is 9.18 Å². The van der Waals surface area contributed by atoms with Crippen molar-refractivity contribution >= 4 is 6.09 Å². The van der Waals surface area contributed by atoms with Gasteiger partial charge in [0.2, 0.25) is 0 Å². The number of nitrogens with zero attached hydrogens (tertiary/aromatic N) is 4. The third-order valence-electron chi connectivity index (χ3n) is 4.50. The number of piperidine rings is 1. The van der Waals surface area contributed by atoms with Crippen molar-refractivity contribution in [3.8, 4) is 17.2 Å². The largest absolute Gasteiger partial charge is 0.444 e. The molecule has 0 atom stereocenters. The number of ether oxygens (including phenoxy) is 1. The van der Waals surface area contributed by atoms with E-state index in [2.05, 4.69) is 11.2 Å². The van der Waals surface area contributed by atoms with Crippen LogP contribution in [-0.4, -0.2) is 39.5 Å². The van der Waals surface area contributed by atoms with E-state index >= 15 is 0 Å². The number of hydrogen-bond acceptors (Lipinski definition) is 4. The van der Waals surface area contributed by atoms with Crippen molar-refractivity contribution in [1.82, 2.24) is 14.7 Å². The maximum atomic E-state index is 13.6. The average Bonchev–Trinajstić information content (AvgIpc) is 3.10. The Morgan fingerprint density at radius 2 is 2.04 bits per heavy atom. The van der Waals surface area contributed by atoms with Gasteiger partial charge in [0.1, 0.15) is 11.4 Å². The molecule has 1 aliphatic heterocycles. The molecular weight excluding hydrogens is 347 g/mol. The monoisotopic (exact) mass is 370 g/mol. The van der Waals surface area contributed by atoms with Crippen molar-refractivity contribution in [1.29, 1.82) is 5.26 Å². The minimum atomic E-state index is -0.506. The van der Waals surface area contributed by atoms with E-state index < -0.39 is 5.60 Å². The summed E-state index contributed by atoms with van der Waals surface area (Å²) in [4.78, 5) is 13.9. The van der Waals surface area contributed by atoms with Gasteiger partial charge >= 0.3 is 6.09 Å². The van der Waals surface area contributed by atoms with Gasteiger partial charge in [0, 0.05) is 30.4 Å². The van der Waals surface area contributed by atoms with Crippen LogP contribution in [-0.2, 0) is 4.74 Å². The van der Waals surface area contributed by atoms with E-state index in [0.717, 1.165) is 12.8 Å². The lowest BCUT2D eigenvalue weighted by atomic mass is 10.0. The van der Waals surface area contributed by atoms with Gasteiger partial charge in [-0.3, -0.25) is 4.68 Å². The Hall–Kier alpha value is -2.88. The number of halogens is 1. The van der Waals surface area contributed by atoms with Crippen molar-refractivity contribution in [2.75, 3.05) is 13.1 Å². The van der Waals surface area contributed by atoms with E-state index in [0.29, 0.717) is 29.8 Å². The molecule has 0 unspecified atom stereocenters. The molecule has 0 aliphatic carbocycles. The van der Waals surface area contributed by atoms with Gasteiger partial charge in [0.15, 0.2) is 0 Å². The highest BCUT2D eigenvalue weighted by molar-refractivity contribution is 5.69. The van der Waals surface area contributed by atoms with Gasteiger partial charge in [-0.1, -0.05) is 0 Å². The molecule has 2 aromatic rings. The van der Waals surface area contributed by atoms with Gasteiger partial charge in [-0.05, 0) is 51.8 Å². The smallest absolute Gasteiger partial charge is 0.410 e. The fraction of sp³-hybridized carbons (Fsp3) is 0.450. The molecule has 0 bridgehead atoms. The van der Waals surface area contributed by atoms with Gasteiger partial charge in [0.25, 0.3) is 0 Å². The highest BCUT2D eigenvalue weighted by atomic mass is 19.1. The summed E-state index contributed by atoms with van der Waals surface area (Å²) >= 11 is 0. The summed E-state index contributed by atoms with van der Waals surface area (Å²) in [7, 11) is 0. The topological polar surface area (TPSA) is 71.2 Å². The minimum absolute atomic E-state index is 0.150. The first-order chi connectivity index (χ1) is 12.8. The number of benzene rings is 1. The second-order valence-electron chi connectivity index (χ2n) is 7.71. The number of hydrogen-bond donors (Lipinski definition) is 0. The van der Waals surface area contributed by atoms with Crippen LogP contribution in [0, 0.1) is 17.1 Å². The molecule has 1 amide bonds. The number of carbonyl (C=O) groups is 1. The second-order valence-corrected chi connectivity index (χ2v) is 7.71. The minimum Gasteiger partial charge on any atom is -0.444 e. The molecule has 1 saturated heterocycles. The van der Waals surface area contributed by atoms with Gasteiger partial charge in [-0.25, -0.2) is 9.18 Å². The van der Waals surface area contributed by atoms with Crippen LogP contribution in [0.3, 0.4) is 0 Å². The number of amides is 1. The first-order valence-corrected chi connectivity index (χ1v) is 8.99. The van der Waals surface area contributed by atoms with Crippen LogP contribution < -0.4 is 0 Å². The number of carbonyl (C=O) groups excluding carboxylic acids is 1. The fourth-order valence-corrected chi connectivity index (χ4v) is 3.17. The number of likely N-dealkylation sites (tertiary alicyclic amines) is 1. The first kappa shape index (κ1) is 18.9. The van der Waals surface area contributed by atoms with Crippen molar-refractivity contribution in [3.05, 3.63) is 42.0 Å². The van der Waals surface area contributed by atoms with Crippen LogP contribution in [0.15, 0.2) is 30.6 Å². The van der Waals surface area contributed by atoms with Crippen molar-refractivity contribution in [3.63, 3.8) is 0 Å². The quantitative estimate of drug-likeness (QED) is 0.797. The van der Waals surface area contributed by atoms with Crippen LogP contribution in [0.1, 0.15) is 45.2 Å². The van der Waals surface area contributed by atoms with Crippen LogP contribution in [0.25, 0.3) is 11.1 Å². The normalized spacial score (nSPS) is 15.4. The molecule has 0 N–H and O–H groups in total. The standard InChI is InChI=1S/C20H23FN4O2/c1-20(2,3)27-19(26)24-8-6-17(7-9-24)25-13-15(12-23-25)18-10-16(21)5-4-14(18)11-22/h4-5,10,12-13,17H,6-9H2,1-3H3. The average molecular weight is 370 g/mol. The van der Waals surface area contributed by atoms with E-state index in [1.165, 1.54) is 18.2 Å². The summed E-state index contributed by atoms with van der Waals surface area (Å²) in [5, 5.41) is 13.6. The van der Waals surface area contributed by atoms with Crippen LogP contribution >= 0.6 is 0 Å². The lowest BCUT2D eigenvalue weighted by molar-refractivity contribution is 0.0185. The third-order valence-corrected chi connectivity index (χ3v) is 4.50. The maximum Gasteiger partial charge on any atom is 0.410 e. The van der Waals surface area contributed by atoms with Crippen LogP contribution in [0.5, 0.6) is 0 Å². The molecule has 1 aliphatic rings. The Labute approximate surface area is 158 Å². The molecule has 1 fully saturated rings. The van der Waals surface area contributed by atoms with Gasteiger partial charge < -0.3 is 9.64 Å². The van der Waals surface area contributed by atoms with E-state index in [4.69, 9.17) is 4.74 Å². The molecular formula is C20H23FN4O2. The summed E-state index contributed by atoms with van der Waals surface area (Å²) in [6, 6.07) is 6.34. The maximum absolute atomic E-state index is 13.6.